The minimum absolute atomic E-state index is 0.419. The molecule has 0 radical (unpaired) electrons. The lowest BCUT2D eigenvalue weighted by Gasteiger charge is -2.20. The Hall–Kier alpha value is -0.860. The summed E-state index contributed by atoms with van der Waals surface area (Å²) in [5.74, 6) is 0. The van der Waals surface area contributed by atoms with Crippen LogP contribution in [-0.4, -0.2) is 19.8 Å². The quantitative estimate of drug-likeness (QED) is 0.833. The van der Waals surface area contributed by atoms with Crippen molar-refractivity contribution in [3.8, 4) is 0 Å². The van der Waals surface area contributed by atoms with E-state index in [0.29, 0.717) is 12.1 Å². The summed E-state index contributed by atoms with van der Waals surface area (Å²) in [6.07, 6.45) is 4.91. The van der Waals surface area contributed by atoms with Crippen molar-refractivity contribution in [1.82, 2.24) is 5.32 Å². The van der Waals surface area contributed by atoms with Crippen LogP contribution in [0, 0.1) is 0 Å². The molecule has 2 heteroatoms. The van der Waals surface area contributed by atoms with Gasteiger partial charge in [-0.2, -0.15) is 0 Å². The smallest absolute Gasteiger partial charge is 0.0476 e. The van der Waals surface area contributed by atoms with E-state index in [1.165, 1.54) is 24.8 Å². The van der Waals surface area contributed by atoms with Gasteiger partial charge in [0, 0.05) is 25.8 Å². The summed E-state index contributed by atoms with van der Waals surface area (Å²) in [5, 5.41) is 3.64. The SMILES string of the molecule is COCCC(C)NC(C)c1ccc2c(c1)CCC2. The standard InChI is InChI=1S/C16H25NO/c1-12(9-10-18-3)17-13(2)15-8-7-14-5-4-6-16(14)11-15/h7-8,11-13,17H,4-6,9-10H2,1-3H3. The lowest BCUT2D eigenvalue weighted by molar-refractivity contribution is 0.183. The first-order chi connectivity index (χ1) is 8.70. The molecule has 18 heavy (non-hydrogen) atoms. The van der Waals surface area contributed by atoms with Crippen molar-refractivity contribution in [2.75, 3.05) is 13.7 Å². The molecule has 0 aromatic heterocycles. The molecule has 1 aliphatic carbocycles. The molecule has 1 aromatic rings. The average molecular weight is 247 g/mol. The topological polar surface area (TPSA) is 21.3 Å². The van der Waals surface area contributed by atoms with Gasteiger partial charge in [0.05, 0.1) is 0 Å². The van der Waals surface area contributed by atoms with Gasteiger partial charge in [0.1, 0.15) is 0 Å². The van der Waals surface area contributed by atoms with Gasteiger partial charge in [-0.15, -0.1) is 0 Å². The molecule has 1 aromatic carbocycles. The van der Waals surface area contributed by atoms with Crippen molar-refractivity contribution in [1.29, 1.82) is 0 Å². The summed E-state index contributed by atoms with van der Waals surface area (Å²) in [4.78, 5) is 0. The summed E-state index contributed by atoms with van der Waals surface area (Å²) >= 11 is 0. The Balaban J connectivity index is 1.94. The van der Waals surface area contributed by atoms with Crippen LogP contribution in [0.2, 0.25) is 0 Å². The highest BCUT2D eigenvalue weighted by Gasteiger charge is 2.14. The summed E-state index contributed by atoms with van der Waals surface area (Å²) in [5.41, 5.74) is 4.53. The molecular weight excluding hydrogens is 222 g/mol. The molecular formula is C16H25NO. The van der Waals surface area contributed by atoms with Gasteiger partial charge in [0.2, 0.25) is 0 Å². The molecule has 0 spiro atoms. The predicted molar refractivity (Wildman–Crippen MR) is 76.0 cm³/mol. The molecule has 0 saturated heterocycles. The van der Waals surface area contributed by atoms with Gasteiger partial charge in [-0.05, 0) is 56.2 Å². The molecule has 0 bridgehead atoms. The van der Waals surface area contributed by atoms with Crippen LogP contribution in [0.25, 0.3) is 0 Å². The summed E-state index contributed by atoms with van der Waals surface area (Å²) in [6.45, 7) is 5.30. The molecule has 0 saturated carbocycles. The highest BCUT2D eigenvalue weighted by atomic mass is 16.5. The molecule has 0 amide bonds. The van der Waals surface area contributed by atoms with Crippen LogP contribution in [0.15, 0.2) is 18.2 Å². The van der Waals surface area contributed by atoms with E-state index in [2.05, 4.69) is 37.4 Å². The highest BCUT2D eigenvalue weighted by Crippen LogP contribution is 2.25. The number of hydrogen-bond donors (Lipinski definition) is 1. The molecule has 2 atom stereocenters. The second-order valence-electron chi connectivity index (χ2n) is 5.45. The predicted octanol–water partition coefficient (Wildman–Crippen LogP) is 3.25. The van der Waals surface area contributed by atoms with Gasteiger partial charge >= 0.3 is 0 Å². The Kier molecular flexibility index (Phi) is 4.79. The van der Waals surface area contributed by atoms with Crippen molar-refractivity contribution in [3.63, 3.8) is 0 Å². The largest absolute Gasteiger partial charge is 0.385 e. The van der Waals surface area contributed by atoms with E-state index < -0.39 is 0 Å². The minimum atomic E-state index is 0.419. The lowest BCUT2D eigenvalue weighted by Crippen LogP contribution is -2.30. The van der Waals surface area contributed by atoms with Gasteiger partial charge in [0.15, 0.2) is 0 Å². The van der Waals surface area contributed by atoms with Gasteiger partial charge in [-0.3, -0.25) is 0 Å². The Labute approximate surface area is 111 Å². The zero-order valence-corrected chi connectivity index (χ0v) is 11.8. The molecule has 0 fully saturated rings. The zero-order valence-electron chi connectivity index (χ0n) is 11.8. The summed E-state index contributed by atoms with van der Waals surface area (Å²) in [7, 11) is 1.76. The number of rotatable bonds is 6. The first kappa shape index (κ1) is 13.6. The van der Waals surface area contributed by atoms with Crippen LogP contribution >= 0.6 is 0 Å². The normalized spacial score (nSPS) is 17.5. The second-order valence-corrected chi connectivity index (χ2v) is 5.45. The van der Waals surface area contributed by atoms with Crippen LogP contribution in [0.1, 0.15) is 49.4 Å². The Morgan fingerprint density at radius 2 is 2.00 bits per heavy atom. The van der Waals surface area contributed by atoms with E-state index in [1.54, 1.807) is 18.2 Å². The van der Waals surface area contributed by atoms with E-state index >= 15 is 0 Å². The fourth-order valence-corrected chi connectivity index (χ4v) is 2.76. The monoisotopic (exact) mass is 247 g/mol. The summed E-state index contributed by atoms with van der Waals surface area (Å²) in [6, 6.07) is 7.90. The highest BCUT2D eigenvalue weighted by molar-refractivity contribution is 5.36. The van der Waals surface area contributed by atoms with Crippen LogP contribution in [-0.2, 0) is 17.6 Å². The number of aryl methyl sites for hydroxylation is 2. The van der Waals surface area contributed by atoms with Gasteiger partial charge in [0.25, 0.3) is 0 Å². The molecule has 1 aliphatic rings. The molecule has 0 aliphatic heterocycles. The van der Waals surface area contributed by atoms with Gasteiger partial charge in [-0.25, -0.2) is 0 Å². The molecule has 2 nitrogen and oxygen atoms in total. The maximum atomic E-state index is 5.12. The Morgan fingerprint density at radius 1 is 1.22 bits per heavy atom. The van der Waals surface area contributed by atoms with E-state index in [-0.39, 0.29) is 0 Å². The Morgan fingerprint density at radius 3 is 2.78 bits per heavy atom. The van der Waals surface area contributed by atoms with Crippen LogP contribution in [0.4, 0.5) is 0 Å². The molecule has 2 rings (SSSR count). The number of methoxy groups -OCH3 is 1. The van der Waals surface area contributed by atoms with E-state index in [0.717, 1.165) is 13.0 Å². The van der Waals surface area contributed by atoms with E-state index in [9.17, 15) is 0 Å². The molecule has 2 unspecified atom stereocenters. The van der Waals surface area contributed by atoms with Gasteiger partial charge in [-0.1, -0.05) is 18.2 Å². The first-order valence-corrected chi connectivity index (χ1v) is 7.07. The molecule has 1 N–H and O–H groups in total. The van der Waals surface area contributed by atoms with Gasteiger partial charge < -0.3 is 10.1 Å². The third-order valence-electron chi connectivity index (χ3n) is 3.91. The fraction of sp³-hybridized carbons (Fsp3) is 0.625. The second kappa shape index (κ2) is 6.35. The zero-order chi connectivity index (χ0) is 13.0. The van der Waals surface area contributed by atoms with E-state index in [4.69, 9.17) is 4.74 Å². The first-order valence-electron chi connectivity index (χ1n) is 7.07. The molecule has 100 valence electrons. The maximum Gasteiger partial charge on any atom is 0.0476 e. The maximum absolute atomic E-state index is 5.12. The van der Waals surface area contributed by atoms with Crippen molar-refractivity contribution in [2.45, 2.75) is 51.6 Å². The van der Waals surface area contributed by atoms with Crippen LogP contribution in [0.5, 0.6) is 0 Å². The number of benzene rings is 1. The summed E-state index contributed by atoms with van der Waals surface area (Å²) < 4.78 is 5.12. The third-order valence-corrected chi connectivity index (χ3v) is 3.91. The van der Waals surface area contributed by atoms with Crippen LogP contribution in [0.3, 0.4) is 0 Å². The van der Waals surface area contributed by atoms with Crippen molar-refractivity contribution < 1.29 is 4.74 Å². The Bertz CT molecular complexity index is 389. The average Bonchev–Trinajstić information content (AvgIpc) is 2.83. The molecule has 0 heterocycles. The number of ether oxygens (including phenoxy) is 1. The number of nitrogens with one attached hydrogen (secondary N) is 1. The van der Waals surface area contributed by atoms with Crippen molar-refractivity contribution in [3.05, 3.63) is 34.9 Å². The fourth-order valence-electron chi connectivity index (χ4n) is 2.76. The number of fused-ring (bicyclic) bond motifs is 1. The lowest BCUT2D eigenvalue weighted by atomic mass is 10.0. The van der Waals surface area contributed by atoms with Crippen LogP contribution < -0.4 is 5.32 Å². The van der Waals surface area contributed by atoms with E-state index in [1.807, 2.05) is 0 Å². The third kappa shape index (κ3) is 3.33. The van der Waals surface area contributed by atoms with Crippen molar-refractivity contribution in [2.24, 2.45) is 0 Å². The van der Waals surface area contributed by atoms with Crippen molar-refractivity contribution >= 4 is 0 Å². The minimum Gasteiger partial charge on any atom is -0.385 e. The number of hydrogen-bond acceptors (Lipinski definition) is 2.